The third-order valence-corrected chi connectivity index (χ3v) is 11.1. The van der Waals surface area contributed by atoms with Crippen LogP contribution >= 0.6 is 22.9 Å². The number of carboxylic acids is 1. The molecule has 5 rings (SSSR count). The molecule has 2 aliphatic carbocycles. The van der Waals surface area contributed by atoms with Crippen LogP contribution in [0.25, 0.3) is 10.4 Å². The average Bonchev–Trinajstić information content (AvgIpc) is 3.29. The molecule has 38 heavy (non-hydrogen) atoms. The van der Waals surface area contributed by atoms with Crippen LogP contribution in [0.3, 0.4) is 0 Å². The van der Waals surface area contributed by atoms with Gasteiger partial charge in [-0.25, -0.2) is 8.42 Å². The second-order valence-electron chi connectivity index (χ2n) is 10.1. The highest BCUT2D eigenvalue weighted by atomic mass is 35.5. The number of carbonyl (C=O) groups excluding carboxylic acids is 1. The van der Waals surface area contributed by atoms with E-state index in [1.165, 1.54) is 6.07 Å². The predicted molar refractivity (Wildman–Crippen MR) is 148 cm³/mol. The summed E-state index contributed by atoms with van der Waals surface area (Å²) in [6.07, 6.45) is 4.77. The standard InChI is InChI=1S/C28H29ClN2O5S2/c29-22-13-11-19(12-14-22)23-15-16-24(37-23)38(35,36)31-28(26(33)34)17-27(28,21-9-5-2-6-10-21)18-30-25(32)20-7-3-1-4-8-20/h2,5-6,9-16,20,31H,1,3-4,7-8,17-18H2,(H,30,32)(H,33,34)/t27-,28+/m1/s1. The number of halogens is 1. The highest BCUT2D eigenvalue weighted by molar-refractivity contribution is 7.91. The van der Waals surface area contributed by atoms with Gasteiger partial charge >= 0.3 is 5.97 Å². The minimum atomic E-state index is -4.18. The lowest BCUT2D eigenvalue weighted by atomic mass is 9.87. The fourth-order valence-electron chi connectivity index (χ4n) is 5.55. The number of benzene rings is 2. The molecule has 0 unspecified atom stereocenters. The molecule has 0 saturated heterocycles. The molecule has 3 aromatic rings. The number of hydrogen-bond acceptors (Lipinski definition) is 5. The van der Waals surface area contributed by atoms with Crippen LogP contribution in [-0.4, -0.2) is 37.5 Å². The molecule has 2 aromatic carbocycles. The van der Waals surface area contributed by atoms with Crippen molar-refractivity contribution in [2.45, 2.75) is 53.7 Å². The third-order valence-electron chi connectivity index (χ3n) is 7.77. The quantitative estimate of drug-likeness (QED) is 0.326. The molecule has 1 aromatic heterocycles. The number of carboxylic acid groups (broad SMARTS) is 1. The van der Waals surface area contributed by atoms with Crippen molar-refractivity contribution in [2.75, 3.05) is 6.54 Å². The second-order valence-corrected chi connectivity index (χ2v) is 13.5. The van der Waals surface area contributed by atoms with Crippen LogP contribution in [0.15, 0.2) is 70.9 Å². The fourth-order valence-corrected chi connectivity index (χ4v) is 8.41. The van der Waals surface area contributed by atoms with Gasteiger partial charge in [0.2, 0.25) is 5.91 Å². The molecule has 1 amide bonds. The molecule has 0 radical (unpaired) electrons. The maximum Gasteiger partial charge on any atom is 0.325 e. The molecule has 2 fully saturated rings. The number of sulfonamides is 1. The van der Waals surface area contributed by atoms with Crippen molar-refractivity contribution in [3.8, 4) is 10.4 Å². The second kappa shape index (κ2) is 10.4. The van der Waals surface area contributed by atoms with Gasteiger partial charge in [0, 0.05) is 27.8 Å². The van der Waals surface area contributed by atoms with Crippen molar-refractivity contribution in [3.63, 3.8) is 0 Å². The molecule has 0 bridgehead atoms. The van der Waals surface area contributed by atoms with Crippen LogP contribution in [-0.2, 0) is 25.0 Å². The zero-order valence-corrected chi connectivity index (χ0v) is 23.0. The lowest BCUT2D eigenvalue weighted by molar-refractivity contribution is -0.141. The van der Waals surface area contributed by atoms with Gasteiger partial charge in [-0.3, -0.25) is 9.59 Å². The molecule has 0 spiro atoms. The van der Waals surface area contributed by atoms with E-state index in [0.717, 1.165) is 53.9 Å². The third kappa shape index (κ3) is 5.00. The summed E-state index contributed by atoms with van der Waals surface area (Å²) < 4.78 is 29.6. The molecule has 2 saturated carbocycles. The summed E-state index contributed by atoms with van der Waals surface area (Å²) in [5.41, 5.74) is -1.43. The number of amides is 1. The first-order valence-electron chi connectivity index (χ1n) is 12.6. The van der Waals surface area contributed by atoms with Gasteiger partial charge < -0.3 is 10.4 Å². The van der Waals surface area contributed by atoms with E-state index in [1.807, 2.05) is 6.07 Å². The van der Waals surface area contributed by atoms with E-state index in [9.17, 15) is 23.1 Å². The van der Waals surface area contributed by atoms with Gasteiger partial charge in [-0.05, 0) is 54.7 Å². The summed E-state index contributed by atoms with van der Waals surface area (Å²) in [4.78, 5) is 26.4. The van der Waals surface area contributed by atoms with Crippen LogP contribution in [0.2, 0.25) is 5.02 Å². The Morgan fingerprint density at radius 3 is 2.32 bits per heavy atom. The number of rotatable bonds is 9. The molecule has 7 nitrogen and oxygen atoms in total. The van der Waals surface area contributed by atoms with Crippen LogP contribution in [0.1, 0.15) is 44.1 Å². The summed E-state index contributed by atoms with van der Waals surface area (Å²) in [5, 5.41) is 13.9. The minimum Gasteiger partial charge on any atom is -0.480 e. The van der Waals surface area contributed by atoms with Crippen molar-refractivity contribution in [1.82, 2.24) is 10.0 Å². The van der Waals surface area contributed by atoms with E-state index < -0.39 is 26.9 Å². The summed E-state index contributed by atoms with van der Waals surface area (Å²) >= 11 is 7.02. The van der Waals surface area contributed by atoms with E-state index in [1.54, 1.807) is 54.6 Å². The SMILES string of the molecule is O=C(NC[C@@]1(c2ccccc2)C[C@]1(NS(=O)(=O)c1ccc(-c2ccc(Cl)cc2)s1)C(=O)O)C1CCCCC1. The van der Waals surface area contributed by atoms with Gasteiger partial charge in [0.15, 0.2) is 0 Å². The largest absolute Gasteiger partial charge is 0.480 e. The number of carbonyl (C=O) groups is 2. The number of hydrogen-bond donors (Lipinski definition) is 3. The van der Waals surface area contributed by atoms with E-state index >= 15 is 0 Å². The molecule has 2 aliphatic rings. The monoisotopic (exact) mass is 572 g/mol. The van der Waals surface area contributed by atoms with Crippen LogP contribution in [0, 0.1) is 5.92 Å². The maximum atomic E-state index is 13.5. The Labute approximate surface area is 231 Å². The van der Waals surface area contributed by atoms with Crippen molar-refractivity contribution in [1.29, 1.82) is 0 Å². The Hall–Kier alpha value is -2.72. The van der Waals surface area contributed by atoms with Gasteiger partial charge in [0.05, 0.1) is 0 Å². The van der Waals surface area contributed by atoms with Crippen molar-refractivity contribution >= 4 is 44.8 Å². The summed E-state index contributed by atoms with van der Waals surface area (Å²) in [6, 6.07) is 19.2. The first kappa shape index (κ1) is 26.9. The Bertz CT molecular complexity index is 1440. The van der Waals surface area contributed by atoms with Gasteiger partial charge in [-0.2, -0.15) is 4.72 Å². The minimum absolute atomic E-state index is 0.0168. The van der Waals surface area contributed by atoms with Gasteiger partial charge in [0.1, 0.15) is 9.75 Å². The molecule has 3 N–H and O–H groups in total. The first-order valence-corrected chi connectivity index (χ1v) is 15.3. The topological polar surface area (TPSA) is 113 Å². The highest BCUT2D eigenvalue weighted by Gasteiger charge is 2.75. The predicted octanol–water partition coefficient (Wildman–Crippen LogP) is 5.21. The average molecular weight is 573 g/mol. The van der Waals surface area contributed by atoms with Crippen molar-refractivity contribution in [3.05, 3.63) is 77.3 Å². The first-order chi connectivity index (χ1) is 18.2. The van der Waals surface area contributed by atoms with E-state index in [-0.39, 0.29) is 29.0 Å². The molecule has 200 valence electrons. The lowest BCUT2D eigenvalue weighted by Crippen LogP contribution is -2.52. The molecule has 10 heteroatoms. The van der Waals surface area contributed by atoms with E-state index in [2.05, 4.69) is 10.0 Å². The Morgan fingerprint density at radius 1 is 0.974 bits per heavy atom. The Kier molecular flexibility index (Phi) is 7.39. The lowest BCUT2D eigenvalue weighted by Gasteiger charge is -2.27. The summed E-state index contributed by atoms with van der Waals surface area (Å²) in [6.45, 7) is 0.0294. The Morgan fingerprint density at radius 2 is 1.66 bits per heavy atom. The highest BCUT2D eigenvalue weighted by Crippen LogP contribution is 2.58. The van der Waals surface area contributed by atoms with Crippen molar-refractivity contribution in [2.24, 2.45) is 5.92 Å². The molecule has 1 heterocycles. The number of aliphatic carboxylic acids is 1. The number of thiophene rings is 1. The summed E-state index contributed by atoms with van der Waals surface area (Å²) in [7, 11) is -4.18. The van der Waals surface area contributed by atoms with Crippen molar-refractivity contribution < 1.29 is 23.1 Å². The molecular formula is C28H29ClN2O5S2. The molecule has 0 aliphatic heterocycles. The van der Waals surface area contributed by atoms with E-state index in [4.69, 9.17) is 11.6 Å². The smallest absolute Gasteiger partial charge is 0.325 e. The van der Waals surface area contributed by atoms with Gasteiger partial charge in [-0.1, -0.05) is 73.3 Å². The van der Waals surface area contributed by atoms with Crippen LogP contribution in [0.4, 0.5) is 0 Å². The molecular weight excluding hydrogens is 544 g/mol. The van der Waals surface area contributed by atoms with Crippen LogP contribution in [0.5, 0.6) is 0 Å². The number of nitrogens with one attached hydrogen (secondary N) is 2. The fraction of sp³-hybridized carbons (Fsp3) is 0.357. The zero-order chi connectivity index (χ0) is 27.0. The zero-order valence-electron chi connectivity index (χ0n) is 20.7. The van der Waals surface area contributed by atoms with Crippen LogP contribution < -0.4 is 10.0 Å². The normalized spacial score (nSPS) is 23.6. The Balaban J connectivity index is 1.43. The van der Waals surface area contributed by atoms with Gasteiger partial charge in [0.25, 0.3) is 10.0 Å². The summed E-state index contributed by atoms with van der Waals surface area (Å²) in [5.74, 6) is -1.46. The van der Waals surface area contributed by atoms with Gasteiger partial charge in [-0.15, -0.1) is 11.3 Å². The van der Waals surface area contributed by atoms with E-state index in [0.29, 0.717) is 10.6 Å². The maximum absolute atomic E-state index is 13.5. The molecule has 2 atom stereocenters.